The standard InChI is InChI=1S/C13H18N4S/c1-3-15-9-5-4-6-11-12(9)16-13(18-11)10-7-14-8-17(10)2/h7-9,15H,3-6H2,1-2H3. The highest BCUT2D eigenvalue weighted by Gasteiger charge is 2.24. The lowest BCUT2D eigenvalue weighted by Crippen LogP contribution is -2.24. The van der Waals surface area contributed by atoms with Crippen LogP contribution in [-0.4, -0.2) is 21.1 Å². The fourth-order valence-electron chi connectivity index (χ4n) is 2.54. The molecule has 96 valence electrons. The lowest BCUT2D eigenvalue weighted by atomic mass is 9.98. The van der Waals surface area contributed by atoms with Crippen molar-refractivity contribution < 1.29 is 0 Å². The summed E-state index contributed by atoms with van der Waals surface area (Å²) in [6, 6.07) is 0.442. The Balaban J connectivity index is 1.98. The average molecular weight is 262 g/mol. The molecule has 1 unspecified atom stereocenters. The number of nitrogens with zero attached hydrogens (tertiary/aromatic N) is 3. The van der Waals surface area contributed by atoms with Crippen LogP contribution in [0.2, 0.25) is 0 Å². The van der Waals surface area contributed by atoms with E-state index in [2.05, 4.69) is 17.2 Å². The van der Waals surface area contributed by atoms with E-state index in [4.69, 9.17) is 4.98 Å². The molecule has 0 aliphatic heterocycles. The number of rotatable bonds is 3. The topological polar surface area (TPSA) is 42.7 Å². The number of aryl methyl sites for hydroxylation is 2. The monoisotopic (exact) mass is 262 g/mol. The lowest BCUT2D eigenvalue weighted by Gasteiger charge is -2.21. The number of fused-ring (bicyclic) bond motifs is 1. The van der Waals surface area contributed by atoms with Gasteiger partial charge in [0.2, 0.25) is 0 Å². The van der Waals surface area contributed by atoms with E-state index in [-0.39, 0.29) is 0 Å². The first-order valence-electron chi connectivity index (χ1n) is 6.49. The number of hydrogen-bond donors (Lipinski definition) is 1. The number of nitrogens with one attached hydrogen (secondary N) is 1. The number of aromatic nitrogens is 3. The average Bonchev–Trinajstić information content (AvgIpc) is 2.95. The third-order valence-electron chi connectivity index (χ3n) is 3.44. The molecule has 0 aromatic carbocycles. The highest BCUT2D eigenvalue weighted by Crippen LogP contribution is 2.36. The molecular weight excluding hydrogens is 244 g/mol. The molecule has 0 radical (unpaired) electrons. The Morgan fingerprint density at radius 3 is 3.17 bits per heavy atom. The van der Waals surface area contributed by atoms with Crippen LogP contribution >= 0.6 is 11.3 Å². The van der Waals surface area contributed by atoms with E-state index in [0.717, 1.165) is 17.2 Å². The fourth-order valence-corrected chi connectivity index (χ4v) is 3.75. The maximum atomic E-state index is 4.85. The van der Waals surface area contributed by atoms with Gasteiger partial charge < -0.3 is 9.88 Å². The van der Waals surface area contributed by atoms with Crippen molar-refractivity contribution in [1.82, 2.24) is 19.9 Å². The summed E-state index contributed by atoms with van der Waals surface area (Å²) in [4.78, 5) is 10.5. The van der Waals surface area contributed by atoms with Crippen molar-refractivity contribution in [2.45, 2.75) is 32.2 Å². The van der Waals surface area contributed by atoms with E-state index in [1.165, 1.54) is 29.8 Å². The maximum Gasteiger partial charge on any atom is 0.142 e. The van der Waals surface area contributed by atoms with Crippen LogP contribution in [0.3, 0.4) is 0 Å². The Kier molecular flexibility index (Phi) is 3.18. The smallest absolute Gasteiger partial charge is 0.142 e. The van der Waals surface area contributed by atoms with E-state index in [1.807, 2.05) is 35.5 Å². The van der Waals surface area contributed by atoms with Crippen molar-refractivity contribution >= 4 is 11.3 Å². The minimum atomic E-state index is 0.442. The Morgan fingerprint density at radius 2 is 2.44 bits per heavy atom. The van der Waals surface area contributed by atoms with Gasteiger partial charge in [-0.3, -0.25) is 0 Å². The highest BCUT2D eigenvalue weighted by molar-refractivity contribution is 7.15. The van der Waals surface area contributed by atoms with Gasteiger partial charge in [0, 0.05) is 11.9 Å². The normalized spacial score (nSPS) is 18.9. The molecule has 0 spiro atoms. The summed E-state index contributed by atoms with van der Waals surface area (Å²) in [5, 5.41) is 4.64. The van der Waals surface area contributed by atoms with Crippen LogP contribution in [0.25, 0.3) is 10.7 Å². The molecule has 4 nitrogen and oxygen atoms in total. The van der Waals surface area contributed by atoms with Gasteiger partial charge in [-0.25, -0.2) is 9.97 Å². The number of imidazole rings is 1. The van der Waals surface area contributed by atoms with Crippen molar-refractivity contribution in [3.63, 3.8) is 0 Å². The summed E-state index contributed by atoms with van der Waals surface area (Å²) < 4.78 is 2.03. The van der Waals surface area contributed by atoms with Gasteiger partial charge in [0.25, 0.3) is 0 Å². The number of hydrogen-bond acceptors (Lipinski definition) is 4. The summed E-state index contributed by atoms with van der Waals surface area (Å²) in [7, 11) is 2.02. The molecule has 3 rings (SSSR count). The quantitative estimate of drug-likeness (QED) is 0.924. The van der Waals surface area contributed by atoms with Gasteiger partial charge in [0.1, 0.15) is 5.01 Å². The van der Waals surface area contributed by atoms with Crippen molar-refractivity contribution in [1.29, 1.82) is 0 Å². The molecule has 2 aromatic rings. The van der Waals surface area contributed by atoms with Gasteiger partial charge in [-0.05, 0) is 25.8 Å². The van der Waals surface area contributed by atoms with Crippen LogP contribution in [-0.2, 0) is 13.5 Å². The second kappa shape index (κ2) is 4.82. The molecule has 2 heterocycles. The van der Waals surface area contributed by atoms with Gasteiger partial charge >= 0.3 is 0 Å². The van der Waals surface area contributed by atoms with Crippen molar-refractivity contribution in [3.05, 3.63) is 23.1 Å². The molecule has 1 aliphatic carbocycles. The van der Waals surface area contributed by atoms with Crippen LogP contribution in [0.1, 0.15) is 36.4 Å². The molecule has 1 aliphatic rings. The predicted octanol–water partition coefficient (Wildman–Crippen LogP) is 2.53. The van der Waals surface area contributed by atoms with Gasteiger partial charge in [-0.15, -0.1) is 11.3 Å². The van der Waals surface area contributed by atoms with Gasteiger partial charge in [0.15, 0.2) is 0 Å². The van der Waals surface area contributed by atoms with Crippen LogP contribution in [0.4, 0.5) is 0 Å². The third-order valence-corrected chi connectivity index (χ3v) is 4.59. The zero-order valence-electron chi connectivity index (χ0n) is 10.8. The molecule has 0 fully saturated rings. The summed E-state index contributed by atoms with van der Waals surface area (Å²) in [5.41, 5.74) is 2.38. The summed E-state index contributed by atoms with van der Waals surface area (Å²) >= 11 is 1.82. The second-order valence-electron chi connectivity index (χ2n) is 4.72. The van der Waals surface area contributed by atoms with Crippen molar-refractivity contribution in [2.75, 3.05) is 6.54 Å². The molecule has 0 saturated heterocycles. The zero-order chi connectivity index (χ0) is 12.5. The van der Waals surface area contributed by atoms with Crippen LogP contribution in [0.5, 0.6) is 0 Å². The Hall–Kier alpha value is -1.20. The predicted molar refractivity (Wildman–Crippen MR) is 73.7 cm³/mol. The first-order chi connectivity index (χ1) is 8.79. The summed E-state index contributed by atoms with van der Waals surface area (Å²) in [6.45, 7) is 3.16. The molecule has 1 atom stereocenters. The fraction of sp³-hybridized carbons (Fsp3) is 0.538. The first-order valence-corrected chi connectivity index (χ1v) is 7.31. The van der Waals surface area contributed by atoms with Gasteiger partial charge in [0.05, 0.1) is 30.0 Å². The highest BCUT2D eigenvalue weighted by atomic mass is 32.1. The largest absolute Gasteiger partial charge is 0.332 e. The van der Waals surface area contributed by atoms with Crippen LogP contribution in [0.15, 0.2) is 12.5 Å². The van der Waals surface area contributed by atoms with Crippen LogP contribution in [0, 0.1) is 0 Å². The first kappa shape index (κ1) is 11.9. The molecule has 0 saturated carbocycles. The molecule has 5 heteroatoms. The van der Waals surface area contributed by atoms with E-state index >= 15 is 0 Å². The molecule has 18 heavy (non-hydrogen) atoms. The minimum Gasteiger partial charge on any atom is -0.332 e. The molecular formula is C13H18N4S. The van der Waals surface area contributed by atoms with Gasteiger partial charge in [-0.1, -0.05) is 6.92 Å². The van der Waals surface area contributed by atoms with Crippen molar-refractivity contribution in [2.24, 2.45) is 7.05 Å². The van der Waals surface area contributed by atoms with Gasteiger partial charge in [-0.2, -0.15) is 0 Å². The number of thiazole rings is 1. The summed E-state index contributed by atoms with van der Waals surface area (Å²) in [6.07, 6.45) is 7.36. The van der Waals surface area contributed by atoms with E-state index < -0.39 is 0 Å². The molecule has 0 amide bonds. The maximum absolute atomic E-state index is 4.85. The molecule has 1 N–H and O–H groups in total. The zero-order valence-corrected chi connectivity index (χ0v) is 11.6. The van der Waals surface area contributed by atoms with Crippen LogP contribution < -0.4 is 5.32 Å². The van der Waals surface area contributed by atoms with E-state index in [1.54, 1.807) is 0 Å². The van der Waals surface area contributed by atoms with Crippen molar-refractivity contribution in [3.8, 4) is 10.7 Å². The second-order valence-corrected chi connectivity index (χ2v) is 5.80. The Morgan fingerprint density at radius 1 is 1.56 bits per heavy atom. The van der Waals surface area contributed by atoms with E-state index in [9.17, 15) is 0 Å². The van der Waals surface area contributed by atoms with E-state index in [0.29, 0.717) is 6.04 Å². The molecule has 0 bridgehead atoms. The Bertz CT molecular complexity index is 543. The minimum absolute atomic E-state index is 0.442. The third kappa shape index (κ3) is 1.97. The lowest BCUT2D eigenvalue weighted by molar-refractivity contribution is 0.465. The Labute approximate surface area is 111 Å². The summed E-state index contributed by atoms with van der Waals surface area (Å²) in [5.74, 6) is 0. The molecule has 2 aromatic heterocycles. The SMILES string of the molecule is CCNC1CCCc2sc(-c3cncn3C)nc21.